The fourth-order valence-corrected chi connectivity index (χ4v) is 18.1. The van der Waals surface area contributed by atoms with Crippen molar-refractivity contribution in [1.82, 2.24) is 97.9 Å². The van der Waals surface area contributed by atoms with Gasteiger partial charge in [-0.2, -0.15) is 0 Å². The summed E-state index contributed by atoms with van der Waals surface area (Å²) >= 11 is 17.0. The van der Waals surface area contributed by atoms with Gasteiger partial charge in [0.1, 0.15) is 46.5 Å². The molecule has 10 heterocycles. The average molecular weight is 2060 g/mol. The fraction of sp³-hybridized carbons (Fsp3) is 0.275. The largest absolute Gasteiger partial charge is 0.494 e. The van der Waals surface area contributed by atoms with Crippen LogP contribution < -0.4 is 51.5 Å². The van der Waals surface area contributed by atoms with Gasteiger partial charge in [-0.1, -0.05) is 285 Å². The number of ether oxygens (including phenoxy) is 5. The molecule has 0 saturated carbocycles. The van der Waals surface area contributed by atoms with Crippen LogP contribution in [-0.2, 0) is 27.1 Å². The van der Waals surface area contributed by atoms with Crippen LogP contribution >= 0.6 is 70.9 Å². The predicted octanol–water partition coefficient (Wildman–Crippen LogP) is 23.1. The summed E-state index contributed by atoms with van der Waals surface area (Å²) in [5.41, 5.74) is 16.2. The van der Waals surface area contributed by atoms with Gasteiger partial charge in [0.15, 0.2) is 78.0 Å². The molecule has 19 rings (SSSR count). The van der Waals surface area contributed by atoms with Crippen molar-refractivity contribution < 1.29 is 23.7 Å². The molecule has 0 bridgehead atoms. The Hall–Kier alpha value is -14.4. The SMILES string of the molecule is CC(C)(C)c1ccc(-c2nc(=S)n3[nH]c(=O)cc3[nH]2)cc1.CC(C)(C)c1ccc(-c2nc(SCOc3ccccc3)n3[nH]c(=O)cc3n2)cc1.COc1ccccc1OCSc1nc(-c2ccc(C(C)(C)C)cc2)nc2cc(=O)[nH]n12.Cc1cc(OCCCSc2nc(-c3ccc(C(C)(C)C)cc3)nc3cc(=O)[nH]n23)ccc1Cl.Cc1ccc(OCSc2nc(-c3ccc(C(C)(C)C)cc3)nc3cc(=O)[nH]n23)cc1C. The molecule has 36 heteroatoms. The predicted molar refractivity (Wildman–Crippen MR) is 583 cm³/mol. The summed E-state index contributed by atoms with van der Waals surface area (Å²) in [7, 11) is 1.60. The normalized spacial score (nSPS) is 11.8. The van der Waals surface area contributed by atoms with Gasteiger partial charge < -0.3 is 28.7 Å². The minimum absolute atomic E-state index is 0.0636. The van der Waals surface area contributed by atoms with E-state index in [4.69, 9.17) is 57.5 Å². The zero-order chi connectivity index (χ0) is 103. The third-order valence-electron chi connectivity index (χ3n) is 23.2. The second-order valence-electron chi connectivity index (χ2n) is 39.3. The summed E-state index contributed by atoms with van der Waals surface area (Å²) in [5.74, 6) is 8.44. The number of aryl methyl sites for hydroxylation is 3. The van der Waals surface area contributed by atoms with E-state index >= 15 is 0 Å². The third kappa shape index (κ3) is 27.2. The molecule has 748 valence electrons. The van der Waals surface area contributed by atoms with Crippen molar-refractivity contribution in [3.8, 4) is 85.7 Å². The lowest BCUT2D eigenvalue weighted by Gasteiger charge is -2.19. The first-order valence-electron chi connectivity index (χ1n) is 46.8. The van der Waals surface area contributed by atoms with Crippen molar-refractivity contribution in [2.24, 2.45) is 0 Å². The van der Waals surface area contributed by atoms with Crippen molar-refractivity contribution in [2.45, 2.75) is 179 Å². The van der Waals surface area contributed by atoms with Gasteiger partial charge in [-0.25, -0.2) is 67.4 Å². The van der Waals surface area contributed by atoms with Crippen molar-refractivity contribution in [2.75, 3.05) is 37.3 Å². The monoisotopic (exact) mass is 2060 g/mol. The highest BCUT2D eigenvalue weighted by molar-refractivity contribution is 7.99. The van der Waals surface area contributed by atoms with Crippen LogP contribution in [0.2, 0.25) is 5.02 Å². The van der Waals surface area contributed by atoms with Crippen LogP contribution in [0.3, 0.4) is 0 Å². The van der Waals surface area contributed by atoms with Gasteiger partial charge in [-0.15, -0.1) is 0 Å². The molecule has 0 spiro atoms. The molecule has 0 atom stereocenters. The van der Waals surface area contributed by atoms with Gasteiger partial charge in [0.25, 0.3) is 27.8 Å². The van der Waals surface area contributed by atoms with Crippen LogP contribution in [0.5, 0.6) is 28.7 Å². The second-order valence-corrected chi connectivity index (χ2v) is 43.8. The Bertz CT molecular complexity index is 8160. The lowest BCUT2D eigenvalue weighted by molar-refractivity contribution is 0.318. The Balaban J connectivity index is 0.000000137. The maximum absolute atomic E-state index is 11.9. The van der Waals surface area contributed by atoms with Gasteiger partial charge >= 0.3 is 0 Å². The number of aromatic amines is 6. The number of hydrogen-bond acceptors (Lipinski definition) is 24. The Kier molecular flexibility index (Phi) is 32.8. The molecule has 0 saturated heterocycles. The van der Waals surface area contributed by atoms with Gasteiger partial charge in [0.2, 0.25) is 4.77 Å². The quantitative estimate of drug-likeness (QED) is 0.0142. The molecule has 6 N–H and O–H groups in total. The van der Waals surface area contributed by atoms with E-state index in [-0.39, 0.29) is 60.8 Å². The van der Waals surface area contributed by atoms with Gasteiger partial charge in [-0.05, 0) is 201 Å². The smallest absolute Gasteiger partial charge is 0.266 e. The van der Waals surface area contributed by atoms with Crippen LogP contribution in [0.25, 0.3) is 85.2 Å². The molecule has 0 aliphatic rings. The van der Waals surface area contributed by atoms with E-state index < -0.39 is 0 Å². The molecule has 145 heavy (non-hydrogen) atoms. The number of hydrogen-bond donors (Lipinski definition) is 6. The Morgan fingerprint density at radius 2 is 0.655 bits per heavy atom. The van der Waals surface area contributed by atoms with Crippen LogP contribution in [0, 0.1) is 25.5 Å². The first kappa shape index (κ1) is 105. The third-order valence-corrected chi connectivity index (χ3v) is 27.2. The number of aromatic nitrogens is 20. The van der Waals surface area contributed by atoms with E-state index in [0.29, 0.717) is 113 Å². The summed E-state index contributed by atoms with van der Waals surface area (Å²) in [6.45, 7) is 39.3. The van der Waals surface area contributed by atoms with E-state index in [0.717, 1.165) is 67.8 Å². The number of methoxy groups -OCH3 is 1. The lowest BCUT2D eigenvalue weighted by atomic mass is 9.86. The molecule has 0 aliphatic heterocycles. The Morgan fingerprint density at radius 1 is 0.324 bits per heavy atom. The molecular formula is C109H115ClN20O10S5. The van der Waals surface area contributed by atoms with E-state index in [9.17, 15) is 24.0 Å². The fourth-order valence-electron chi connectivity index (χ4n) is 14.7. The summed E-state index contributed by atoms with van der Waals surface area (Å²) < 4.78 is 36.9. The van der Waals surface area contributed by atoms with Crippen LogP contribution in [0.1, 0.15) is 155 Å². The van der Waals surface area contributed by atoms with E-state index in [2.05, 4.69) is 244 Å². The highest BCUT2D eigenvalue weighted by Gasteiger charge is 2.24. The zero-order valence-electron chi connectivity index (χ0n) is 84.1. The van der Waals surface area contributed by atoms with Crippen LogP contribution in [0.15, 0.2) is 287 Å². The minimum Gasteiger partial charge on any atom is -0.494 e. The van der Waals surface area contributed by atoms with Crippen molar-refractivity contribution in [3.63, 3.8) is 0 Å². The molecule has 10 aromatic heterocycles. The number of nitrogens with one attached hydrogen (secondary N) is 6. The van der Waals surface area contributed by atoms with Crippen molar-refractivity contribution in [3.05, 3.63) is 349 Å². The molecule has 0 fully saturated rings. The summed E-state index contributed by atoms with van der Waals surface area (Å²) in [6, 6.07) is 77.2. The second kappa shape index (κ2) is 45.3. The van der Waals surface area contributed by atoms with Crippen LogP contribution in [0.4, 0.5) is 0 Å². The molecule has 9 aromatic carbocycles. The van der Waals surface area contributed by atoms with Gasteiger partial charge in [0.05, 0.1) is 13.7 Å². The Labute approximate surface area is 864 Å². The van der Waals surface area contributed by atoms with Crippen LogP contribution in [-0.4, -0.2) is 135 Å². The van der Waals surface area contributed by atoms with Crippen molar-refractivity contribution in [1.29, 1.82) is 0 Å². The molecule has 30 nitrogen and oxygen atoms in total. The molecule has 0 unspecified atom stereocenters. The van der Waals surface area contributed by atoms with Gasteiger partial charge in [0, 0.05) is 68.9 Å². The summed E-state index contributed by atoms with van der Waals surface area (Å²) in [6.07, 6.45) is 0.818. The number of thioether (sulfide) groups is 4. The molecular weight excluding hydrogens is 1950 g/mol. The maximum atomic E-state index is 11.9. The maximum Gasteiger partial charge on any atom is 0.266 e. The van der Waals surface area contributed by atoms with E-state index in [1.807, 2.05) is 159 Å². The van der Waals surface area contributed by atoms with Gasteiger partial charge in [-0.3, -0.25) is 49.5 Å². The Morgan fingerprint density at radius 3 is 1.03 bits per heavy atom. The first-order valence-corrected chi connectivity index (χ1v) is 51.5. The molecule has 19 aromatic rings. The zero-order valence-corrected chi connectivity index (χ0v) is 88.9. The lowest BCUT2D eigenvalue weighted by Crippen LogP contribution is -2.10. The number of H-pyrrole nitrogens is 6. The first-order chi connectivity index (χ1) is 69.0. The number of halogens is 1. The van der Waals surface area contributed by atoms with E-state index in [1.54, 1.807) is 36.9 Å². The average Bonchev–Trinajstić information content (AvgIpc) is 1.53. The standard InChI is InChI=1S/C25H27ClN4O2S.C24H26N4O2S.C23H24N4O3S.C22H22N4O2S.C15H16N4OS/c1-16-14-19(10-11-20(16)26)32-12-5-13-33-24-28-23(27-21-15-22(31)29-30(21)24)17-6-8-18(9-7-17)25(2,3)4;1-15-6-11-19(12-16(15)2)30-14-31-23-26-22(25-20-13-21(29)27-28(20)23)17-7-9-18(10-8-17)24(3,4)5;1-23(2,3)16-11-9-15(10-12-16)21-24-19-13-20(28)26-27(19)22(25-21)31-14-30-18-8-6-5-7-17(18)29-4;1-22(2,3)16-11-9-15(10-12-16)20-23-18-13-19(27)25-26(18)21(24-20)29-14-28-17-7-5-4-6-8-17;1-15(2,3)10-6-4-9(5-7-10)13-16-11-8-12(20)18-19(11)14(21)17-13/h6-11,14-15H,5,12-13H2,1-4H3,(H,29,31);6-13H,14H2,1-5H3,(H,27,29);5-13H,14H2,1-4H3,(H,26,28);4-13H,14H2,1-3H3,(H,25,27);4-8H,1-3H3,(H,18,20)(H,16,17,21). The van der Waals surface area contributed by atoms with Crippen molar-refractivity contribution >= 4 is 99.1 Å². The number of nitrogens with zero attached hydrogens (tertiary/aromatic N) is 14. The minimum atomic E-state index is -0.234. The van der Waals surface area contributed by atoms with E-state index in [1.165, 1.54) is 109 Å². The molecule has 0 aliphatic carbocycles. The number of para-hydroxylation sites is 3. The highest BCUT2D eigenvalue weighted by atomic mass is 35.5. The summed E-state index contributed by atoms with van der Waals surface area (Å²) in [4.78, 5) is 104. The number of benzene rings is 9. The highest BCUT2D eigenvalue weighted by Crippen LogP contribution is 2.36. The topological polar surface area (TPSA) is 364 Å². The number of rotatable bonds is 24. The molecule has 0 amide bonds. The summed E-state index contributed by atoms with van der Waals surface area (Å²) in [5, 5.41) is 16.9. The number of fused-ring (bicyclic) bond motifs is 5. The molecule has 0 radical (unpaired) electrons.